The Morgan fingerprint density at radius 1 is 0.441 bits per heavy atom. The number of hydrogen-bond acceptors (Lipinski definition) is 23. The molecule has 11 heterocycles. The van der Waals surface area contributed by atoms with Gasteiger partial charge in [-0.2, -0.15) is 4.99 Å². The number of rotatable bonds is 15. The molecule has 1 N–H and O–H groups in total. The fraction of sp³-hybridized carbons (Fsp3) is 0.330. The van der Waals surface area contributed by atoms with Gasteiger partial charge in [0, 0.05) is 144 Å². The minimum atomic E-state index is -0.316. The molecule has 0 unspecified atom stereocenters. The number of piperidine rings is 4. The number of halogens is 8. The van der Waals surface area contributed by atoms with E-state index in [-0.39, 0.29) is 78.9 Å². The lowest BCUT2D eigenvalue weighted by molar-refractivity contribution is 0.173. The first-order valence-corrected chi connectivity index (χ1v) is 44.5. The average molecular weight is 1860 g/mol. The molecule has 36 heteroatoms. The van der Waals surface area contributed by atoms with Crippen molar-refractivity contribution >= 4 is 127 Å². The van der Waals surface area contributed by atoms with Gasteiger partial charge in [-0.05, 0) is 211 Å². The van der Waals surface area contributed by atoms with Crippen molar-refractivity contribution in [2.75, 3.05) is 122 Å². The zero-order valence-corrected chi connectivity index (χ0v) is 73.8. The summed E-state index contributed by atoms with van der Waals surface area (Å²) >= 11 is 37.2. The molecule has 4 saturated carbocycles. The molecule has 8 fully saturated rings. The lowest BCUT2D eigenvalue weighted by atomic mass is 9.95. The fourth-order valence-corrected chi connectivity index (χ4v) is 21.7. The molecule has 127 heavy (non-hydrogen) atoms. The SMILES string of the molecule is COCc1nnc(N2C[C@@H]3C[C@]3(c3ccc(F)cc3Cl)C2)n1-c1ccc2c(c1)OCO2.COCc1nnc(N2C[C@@H]3C[C@]3(c3ccc(F)cc3Cl)C2)n1-c1ccc2c(c1)OCO2.CSC(=Nc1ccc2c(c1)OCO2)N1C[C@@H]2C[C@]2(c2ccc(F)cc2Cl)C1.Fc1ccc([C@]23C[C@H]2CN(C(=S)Nc2ccc4c(c2)OCO4)C3)c(Cl)c1.S=C=Nc1ccc2c(c1)OCO2. The summed E-state index contributed by atoms with van der Waals surface area (Å²) in [4.78, 5) is 17.6. The van der Waals surface area contributed by atoms with Crippen molar-refractivity contribution in [3.8, 4) is 68.9 Å². The Labute approximate surface area is 761 Å². The predicted octanol–water partition coefficient (Wildman–Crippen LogP) is 18.6. The maximum Gasteiger partial charge on any atom is 0.232 e. The van der Waals surface area contributed by atoms with Crippen LogP contribution in [0.15, 0.2) is 174 Å². The maximum atomic E-state index is 13.6. The van der Waals surface area contributed by atoms with E-state index < -0.39 is 0 Å². The zero-order chi connectivity index (χ0) is 87.2. The van der Waals surface area contributed by atoms with Gasteiger partial charge < -0.3 is 81.8 Å². The number of amidine groups is 1. The molecule has 13 aliphatic rings. The second-order valence-electron chi connectivity index (χ2n) is 33.1. The molecular formula is C91H79Cl4F4N13O12S3. The Balaban J connectivity index is 0.000000102. The van der Waals surface area contributed by atoms with Crippen LogP contribution in [0.1, 0.15) is 59.6 Å². The highest BCUT2D eigenvalue weighted by Crippen LogP contribution is 2.65. The van der Waals surface area contributed by atoms with Crippen LogP contribution in [-0.2, 0) is 44.3 Å². The van der Waals surface area contributed by atoms with Crippen LogP contribution in [0.4, 0.5) is 46.5 Å². The highest BCUT2D eigenvalue weighted by atomic mass is 35.5. The van der Waals surface area contributed by atoms with Gasteiger partial charge in [-0.15, -0.1) is 20.4 Å². The number of fused-ring (bicyclic) bond motifs is 9. The third-order valence-corrected chi connectivity index (χ3v) is 28.1. The molecule has 4 saturated heterocycles. The van der Waals surface area contributed by atoms with Gasteiger partial charge in [0.1, 0.15) is 36.5 Å². The second kappa shape index (κ2) is 34.2. The quantitative estimate of drug-likeness (QED) is 0.0436. The van der Waals surface area contributed by atoms with Crippen LogP contribution in [0.5, 0.6) is 57.5 Å². The van der Waals surface area contributed by atoms with Gasteiger partial charge in [0.25, 0.3) is 0 Å². The molecule has 0 spiro atoms. The van der Waals surface area contributed by atoms with Crippen molar-refractivity contribution in [2.24, 2.45) is 33.7 Å². The third-order valence-electron chi connectivity index (χ3n) is 25.7. The Hall–Kier alpha value is -11.0. The van der Waals surface area contributed by atoms with Gasteiger partial charge in [-0.1, -0.05) is 82.4 Å². The van der Waals surface area contributed by atoms with Gasteiger partial charge in [0.15, 0.2) is 79.4 Å². The summed E-state index contributed by atoms with van der Waals surface area (Å²) < 4.78 is 122. The number of hydrogen-bond donors (Lipinski definition) is 1. The van der Waals surface area contributed by atoms with Crippen molar-refractivity contribution in [1.82, 2.24) is 39.3 Å². The Morgan fingerprint density at radius 2 is 0.795 bits per heavy atom. The zero-order valence-electron chi connectivity index (χ0n) is 68.3. The van der Waals surface area contributed by atoms with Crippen molar-refractivity contribution in [2.45, 2.75) is 60.6 Å². The van der Waals surface area contributed by atoms with Crippen molar-refractivity contribution in [3.63, 3.8) is 0 Å². The average Bonchev–Trinajstić information content (AvgIpc) is 1.56. The largest absolute Gasteiger partial charge is 0.454 e. The molecule has 24 rings (SSSR count). The van der Waals surface area contributed by atoms with E-state index in [1.54, 1.807) is 44.2 Å². The van der Waals surface area contributed by atoms with Crippen LogP contribution in [0.2, 0.25) is 20.1 Å². The molecule has 4 aliphatic carbocycles. The van der Waals surface area contributed by atoms with Crippen molar-refractivity contribution in [3.05, 3.63) is 241 Å². The Bertz CT molecular complexity index is 6100. The number of benzene rings is 9. The van der Waals surface area contributed by atoms with Gasteiger partial charge in [0.05, 0.1) is 27.9 Å². The van der Waals surface area contributed by atoms with Crippen LogP contribution in [-0.4, -0.2) is 162 Å². The fourth-order valence-electron chi connectivity index (χ4n) is 19.3. The first kappa shape index (κ1) is 84.1. The molecule has 11 aromatic rings. The summed E-state index contributed by atoms with van der Waals surface area (Å²) in [6.45, 7) is 8.51. The Morgan fingerprint density at radius 3 is 1.20 bits per heavy atom. The summed E-state index contributed by atoms with van der Waals surface area (Å²) in [5, 5.41) is 27.0. The number of anilines is 3. The first-order chi connectivity index (χ1) is 61.7. The number of aliphatic imine (C=N–C) groups is 2. The molecule has 0 amide bonds. The van der Waals surface area contributed by atoms with Crippen LogP contribution in [0.3, 0.4) is 0 Å². The van der Waals surface area contributed by atoms with Crippen molar-refractivity contribution < 1.29 is 74.4 Å². The van der Waals surface area contributed by atoms with Gasteiger partial charge in [0.2, 0.25) is 45.9 Å². The van der Waals surface area contributed by atoms with E-state index in [0.29, 0.717) is 91.0 Å². The molecule has 25 nitrogen and oxygen atoms in total. The highest BCUT2D eigenvalue weighted by Gasteiger charge is 2.65. The first-order valence-electron chi connectivity index (χ1n) is 40.9. The summed E-state index contributed by atoms with van der Waals surface area (Å²) in [5.74, 6) is 10.8. The molecule has 9 aromatic carbocycles. The lowest BCUT2D eigenvalue weighted by Gasteiger charge is -2.25. The molecule has 654 valence electrons. The van der Waals surface area contributed by atoms with E-state index in [0.717, 1.165) is 186 Å². The maximum absolute atomic E-state index is 13.6. The number of thioether (sulfide) groups is 1. The lowest BCUT2D eigenvalue weighted by Crippen LogP contribution is -2.36. The minimum absolute atomic E-state index is 0.00852. The van der Waals surface area contributed by atoms with Crippen LogP contribution in [0.25, 0.3) is 11.4 Å². The normalized spacial score (nSPS) is 23.2. The standard InChI is InChI=1S/2C22H20ClFN4O3.C20H18ClFN2O2S.C19H16ClFN2O2S.C8H5NO2S/c2*1-29-10-20-25-26-21(28(20)15-3-5-18-19(7-15)31-12-30-18)27-9-13-8-22(13,11-27)16-4-2-14(24)6-17(16)23;1-27-19(23-14-3-5-17-18(7-14)26-11-25-17)24-9-12-8-20(12,10-24)15-4-2-13(22)6-16(15)21;20-15-5-12(21)1-3-14(15)19-7-11(19)8-23(9-19)18(26)22-13-2-4-16-17(6-13)25-10-24-16;12-4-9-6-1-2-7-8(3-6)11-5-10-7/h2*2-7,13H,8-12H2,1H3;2-7,12H,8-11H2,1H3;1-6,11H,7-10H2,(H,22,26);1-3H,5H2/t2*13-,22-;12-,20-;11-,19-;/m0000./s1. The number of nitrogens with zero attached hydrogens (tertiary/aromatic N) is 12. The number of likely N-dealkylation sites (tertiary alicyclic amines) is 2. The number of isothiocyanates is 1. The van der Waals surface area contributed by atoms with E-state index >= 15 is 0 Å². The number of methoxy groups -OCH3 is 2. The second-order valence-corrected chi connectivity index (χ2v) is 36.0. The molecule has 0 radical (unpaired) electrons. The topological polar surface area (TPSA) is 222 Å². The number of aromatic nitrogens is 6. The van der Waals surface area contributed by atoms with Gasteiger partial charge >= 0.3 is 0 Å². The van der Waals surface area contributed by atoms with E-state index in [1.807, 2.05) is 112 Å². The van der Waals surface area contributed by atoms with Crippen LogP contribution >= 0.6 is 82.6 Å². The third kappa shape index (κ3) is 16.2. The number of thiocarbonyl (C=S) groups is 2. The molecule has 0 bridgehead atoms. The monoisotopic (exact) mass is 1860 g/mol. The van der Waals surface area contributed by atoms with Crippen LogP contribution in [0, 0.1) is 46.9 Å². The molecular weight excluding hydrogens is 1780 g/mol. The van der Waals surface area contributed by atoms with E-state index in [9.17, 15) is 17.6 Å². The van der Waals surface area contributed by atoms with Crippen LogP contribution < -0.4 is 62.5 Å². The number of ether oxygens (including phenoxy) is 12. The summed E-state index contributed by atoms with van der Waals surface area (Å²) in [5.41, 5.74) is 8.18. The van der Waals surface area contributed by atoms with E-state index in [4.69, 9.17) is 120 Å². The summed E-state index contributed by atoms with van der Waals surface area (Å²) in [7, 11) is 3.27. The smallest absolute Gasteiger partial charge is 0.232 e. The van der Waals surface area contributed by atoms with Crippen molar-refractivity contribution in [1.29, 1.82) is 0 Å². The molecule has 2 aromatic heterocycles. The number of nitrogens with one attached hydrogen (secondary N) is 1. The Kier molecular flexibility index (Phi) is 22.7. The summed E-state index contributed by atoms with van der Waals surface area (Å²) in [6.07, 6.45) is 6.28. The molecule has 9 aliphatic heterocycles. The summed E-state index contributed by atoms with van der Waals surface area (Å²) in [6, 6.07) is 47.2. The van der Waals surface area contributed by atoms with Gasteiger partial charge in [-0.3, -0.25) is 9.13 Å². The highest BCUT2D eigenvalue weighted by molar-refractivity contribution is 8.13. The van der Waals surface area contributed by atoms with E-state index in [2.05, 4.69) is 67.7 Å². The van der Waals surface area contributed by atoms with Gasteiger partial charge in [-0.25, -0.2) is 22.6 Å². The van der Waals surface area contributed by atoms with E-state index in [1.165, 1.54) is 48.5 Å². The predicted molar refractivity (Wildman–Crippen MR) is 478 cm³/mol. The minimum Gasteiger partial charge on any atom is -0.454 e. The molecule has 8 atom stereocenters.